The highest BCUT2D eigenvalue weighted by atomic mass is 19.4. The number of amides is 1. The Morgan fingerprint density at radius 3 is 2.73 bits per heavy atom. The molecule has 1 aliphatic heterocycles. The molecule has 0 unspecified atom stereocenters. The van der Waals surface area contributed by atoms with Crippen molar-refractivity contribution in [3.05, 3.63) is 41.9 Å². The van der Waals surface area contributed by atoms with Crippen molar-refractivity contribution < 1.29 is 18.0 Å². The van der Waals surface area contributed by atoms with Gasteiger partial charge in [0.1, 0.15) is 5.82 Å². The summed E-state index contributed by atoms with van der Waals surface area (Å²) in [5.74, 6) is -0.259. The zero-order valence-electron chi connectivity index (χ0n) is 11.5. The van der Waals surface area contributed by atoms with Crippen LogP contribution in [0.4, 0.5) is 24.7 Å². The largest absolute Gasteiger partial charge is 0.416 e. The number of nitrogens with two attached hydrogens (primary N) is 1. The van der Waals surface area contributed by atoms with Gasteiger partial charge in [-0.15, -0.1) is 0 Å². The molecule has 2 heterocycles. The van der Waals surface area contributed by atoms with Crippen LogP contribution in [0.1, 0.15) is 22.5 Å². The Morgan fingerprint density at radius 2 is 2.05 bits per heavy atom. The van der Waals surface area contributed by atoms with E-state index in [4.69, 9.17) is 5.73 Å². The molecule has 22 heavy (non-hydrogen) atoms. The lowest BCUT2D eigenvalue weighted by Gasteiger charge is -2.31. The number of carbonyl (C=O) groups excluding carboxylic acids is 1. The number of aromatic nitrogens is 2. The minimum Gasteiger partial charge on any atom is -0.364 e. The molecule has 2 N–H and O–H groups in total. The van der Waals surface area contributed by atoms with Crippen molar-refractivity contribution in [2.45, 2.75) is 19.1 Å². The highest BCUT2D eigenvalue weighted by Crippen LogP contribution is 2.36. The molecular weight excluding hydrogens is 297 g/mol. The second-order valence-corrected chi connectivity index (χ2v) is 5.03. The first kappa shape index (κ1) is 14.4. The number of nitrogens with zero attached hydrogens (tertiary/aromatic N) is 3. The molecule has 116 valence electrons. The second-order valence-electron chi connectivity index (χ2n) is 5.03. The molecule has 0 fully saturated rings. The Balaban J connectivity index is 2.08. The van der Waals surface area contributed by atoms with Crippen LogP contribution in [0.5, 0.6) is 0 Å². The lowest BCUT2D eigenvalue weighted by molar-refractivity contribution is -0.137. The molecule has 1 aliphatic rings. The van der Waals surface area contributed by atoms with Gasteiger partial charge in [-0.05, 0) is 24.6 Å². The van der Waals surface area contributed by atoms with Gasteiger partial charge in [-0.3, -0.25) is 4.79 Å². The van der Waals surface area contributed by atoms with E-state index in [0.29, 0.717) is 24.6 Å². The molecule has 1 amide bonds. The summed E-state index contributed by atoms with van der Waals surface area (Å²) < 4.78 is 40.3. The van der Waals surface area contributed by atoms with Gasteiger partial charge in [0.15, 0.2) is 5.69 Å². The molecule has 3 rings (SSSR count). The Kier molecular flexibility index (Phi) is 3.31. The number of carbonyl (C=O) groups is 1. The summed E-state index contributed by atoms with van der Waals surface area (Å²) in [6, 6.07) is 4.99. The van der Waals surface area contributed by atoms with Gasteiger partial charge in [0.25, 0.3) is 5.91 Å². The van der Waals surface area contributed by atoms with E-state index in [2.05, 4.69) is 4.98 Å². The highest BCUT2D eigenvalue weighted by molar-refractivity contribution is 5.97. The van der Waals surface area contributed by atoms with Crippen LogP contribution in [0.3, 0.4) is 0 Å². The summed E-state index contributed by atoms with van der Waals surface area (Å²) in [6.45, 7) is 1.14. The average Bonchev–Trinajstić information content (AvgIpc) is 2.90. The molecule has 0 saturated carbocycles. The van der Waals surface area contributed by atoms with Gasteiger partial charge in [-0.2, -0.15) is 13.2 Å². The Bertz CT molecular complexity index is 723. The van der Waals surface area contributed by atoms with Crippen molar-refractivity contribution in [3.8, 4) is 0 Å². The predicted octanol–water partition coefficient (Wildman–Crippen LogP) is 2.54. The van der Waals surface area contributed by atoms with Crippen molar-refractivity contribution in [2.24, 2.45) is 5.73 Å². The number of alkyl halides is 3. The summed E-state index contributed by atoms with van der Waals surface area (Å²) in [6.07, 6.45) is -2.20. The molecule has 5 nitrogen and oxygen atoms in total. The number of hydrogen-bond donors (Lipinski definition) is 1. The molecule has 1 aromatic heterocycles. The van der Waals surface area contributed by atoms with Crippen LogP contribution in [0.25, 0.3) is 0 Å². The molecule has 8 heteroatoms. The normalized spacial score (nSPS) is 14.8. The number of rotatable bonds is 2. The SMILES string of the molecule is NC(=O)c1ncn2c1N(c1cccc(C(F)(F)F)c1)CCC2. The van der Waals surface area contributed by atoms with E-state index in [1.807, 2.05) is 0 Å². The molecule has 2 aromatic rings. The van der Waals surface area contributed by atoms with Crippen LogP contribution in [0.15, 0.2) is 30.6 Å². The zero-order valence-corrected chi connectivity index (χ0v) is 11.5. The van der Waals surface area contributed by atoms with Gasteiger partial charge in [-0.25, -0.2) is 4.98 Å². The van der Waals surface area contributed by atoms with Crippen molar-refractivity contribution in [3.63, 3.8) is 0 Å². The van der Waals surface area contributed by atoms with E-state index in [-0.39, 0.29) is 5.69 Å². The number of halogens is 3. The first-order valence-corrected chi connectivity index (χ1v) is 6.67. The molecule has 0 atom stereocenters. The molecule has 0 bridgehead atoms. The first-order chi connectivity index (χ1) is 10.4. The van der Waals surface area contributed by atoms with Crippen LogP contribution in [-0.4, -0.2) is 22.0 Å². The van der Waals surface area contributed by atoms with Crippen LogP contribution in [0, 0.1) is 0 Å². The minimum atomic E-state index is -4.42. The molecule has 0 spiro atoms. The molecular formula is C14H13F3N4O. The van der Waals surface area contributed by atoms with Crippen LogP contribution >= 0.6 is 0 Å². The number of anilines is 2. The fourth-order valence-electron chi connectivity index (χ4n) is 2.60. The van der Waals surface area contributed by atoms with Gasteiger partial charge >= 0.3 is 6.18 Å². The maximum absolute atomic E-state index is 12.9. The highest BCUT2D eigenvalue weighted by Gasteiger charge is 2.32. The smallest absolute Gasteiger partial charge is 0.364 e. The Labute approximate surface area is 124 Å². The Morgan fingerprint density at radius 1 is 1.27 bits per heavy atom. The quantitative estimate of drug-likeness (QED) is 0.927. The third kappa shape index (κ3) is 2.40. The molecule has 0 aliphatic carbocycles. The minimum absolute atomic E-state index is 0.0668. The fraction of sp³-hybridized carbons (Fsp3) is 0.286. The number of aryl methyl sites for hydroxylation is 1. The number of imidazole rings is 1. The third-order valence-corrected chi connectivity index (χ3v) is 3.57. The summed E-state index contributed by atoms with van der Waals surface area (Å²) in [5, 5.41) is 0. The number of primary amides is 1. The molecule has 1 aromatic carbocycles. The fourth-order valence-corrected chi connectivity index (χ4v) is 2.60. The van der Waals surface area contributed by atoms with E-state index in [1.165, 1.54) is 12.4 Å². The predicted molar refractivity (Wildman–Crippen MR) is 73.8 cm³/mol. The van der Waals surface area contributed by atoms with Gasteiger partial charge in [-0.1, -0.05) is 6.07 Å². The van der Waals surface area contributed by atoms with Crippen LogP contribution in [0.2, 0.25) is 0 Å². The van der Waals surface area contributed by atoms with Crippen molar-refractivity contribution in [1.82, 2.24) is 9.55 Å². The average molecular weight is 310 g/mol. The van der Waals surface area contributed by atoms with E-state index in [0.717, 1.165) is 18.6 Å². The number of hydrogen-bond acceptors (Lipinski definition) is 3. The van der Waals surface area contributed by atoms with E-state index >= 15 is 0 Å². The summed E-state index contributed by atoms with van der Waals surface area (Å²) >= 11 is 0. The maximum atomic E-state index is 12.9. The lowest BCUT2D eigenvalue weighted by Crippen LogP contribution is -2.30. The standard InChI is InChI=1S/C14H13F3N4O/c15-14(16,17)9-3-1-4-10(7-9)21-6-2-5-20-8-19-11(12(18)22)13(20)21/h1,3-4,7-8H,2,5-6H2,(H2,18,22). The van der Waals surface area contributed by atoms with E-state index < -0.39 is 17.6 Å². The topological polar surface area (TPSA) is 64.2 Å². The van der Waals surface area contributed by atoms with Crippen molar-refractivity contribution in [2.75, 3.05) is 11.4 Å². The van der Waals surface area contributed by atoms with Gasteiger partial charge in [0.2, 0.25) is 0 Å². The summed E-state index contributed by atoms with van der Waals surface area (Å²) in [5.41, 5.74) is 4.99. The summed E-state index contributed by atoms with van der Waals surface area (Å²) in [4.78, 5) is 17.1. The lowest BCUT2D eigenvalue weighted by atomic mass is 10.1. The van der Waals surface area contributed by atoms with Crippen molar-refractivity contribution in [1.29, 1.82) is 0 Å². The zero-order chi connectivity index (χ0) is 15.9. The maximum Gasteiger partial charge on any atom is 0.416 e. The third-order valence-electron chi connectivity index (χ3n) is 3.57. The van der Waals surface area contributed by atoms with Gasteiger partial charge < -0.3 is 15.2 Å². The summed E-state index contributed by atoms with van der Waals surface area (Å²) in [7, 11) is 0. The first-order valence-electron chi connectivity index (χ1n) is 6.67. The second kappa shape index (κ2) is 5.04. The monoisotopic (exact) mass is 310 g/mol. The Hall–Kier alpha value is -2.51. The van der Waals surface area contributed by atoms with Crippen LogP contribution in [-0.2, 0) is 12.7 Å². The van der Waals surface area contributed by atoms with E-state index in [9.17, 15) is 18.0 Å². The van der Waals surface area contributed by atoms with E-state index in [1.54, 1.807) is 15.5 Å². The molecule has 0 radical (unpaired) electrons. The van der Waals surface area contributed by atoms with Gasteiger partial charge in [0, 0.05) is 18.8 Å². The molecule has 0 saturated heterocycles. The van der Waals surface area contributed by atoms with Crippen LogP contribution < -0.4 is 10.6 Å². The number of fused-ring (bicyclic) bond motifs is 1. The number of benzene rings is 1. The van der Waals surface area contributed by atoms with Gasteiger partial charge in [0.05, 0.1) is 11.9 Å². The van der Waals surface area contributed by atoms with Crippen molar-refractivity contribution >= 4 is 17.4 Å².